The van der Waals surface area contributed by atoms with E-state index in [0.717, 1.165) is 23.2 Å². The minimum absolute atomic E-state index is 0.134. The second-order valence-corrected chi connectivity index (χ2v) is 5.37. The standard InChI is InChI=1S/C15H18N2O2/c1-17-13-6-2-11(8-10(13)3-7-15(17)19)14(18)9-16-12-4-5-12/h2,6,8,12,16H,3-5,7,9H2,1H3. The van der Waals surface area contributed by atoms with Crippen molar-refractivity contribution in [2.75, 3.05) is 18.5 Å². The van der Waals surface area contributed by atoms with Gasteiger partial charge in [0.15, 0.2) is 5.78 Å². The number of rotatable bonds is 4. The van der Waals surface area contributed by atoms with E-state index in [1.165, 1.54) is 12.8 Å². The lowest BCUT2D eigenvalue weighted by molar-refractivity contribution is -0.118. The van der Waals surface area contributed by atoms with E-state index in [4.69, 9.17) is 0 Å². The van der Waals surface area contributed by atoms with Crippen molar-refractivity contribution in [3.05, 3.63) is 29.3 Å². The van der Waals surface area contributed by atoms with Gasteiger partial charge in [-0.05, 0) is 43.0 Å². The summed E-state index contributed by atoms with van der Waals surface area (Å²) in [5.74, 6) is 0.274. The highest BCUT2D eigenvalue weighted by molar-refractivity contribution is 6.00. The van der Waals surface area contributed by atoms with Gasteiger partial charge in [-0.25, -0.2) is 0 Å². The monoisotopic (exact) mass is 258 g/mol. The summed E-state index contributed by atoms with van der Waals surface area (Å²) < 4.78 is 0. The van der Waals surface area contributed by atoms with E-state index in [9.17, 15) is 9.59 Å². The molecule has 1 fully saturated rings. The van der Waals surface area contributed by atoms with Crippen molar-refractivity contribution in [1.82, 2.24) is 5.32 Å². The number of aryl methyl sites for hydroxylation is 1. The normalized spacial score (nSPS) is 18.4. The Bertz CT molecular complexity index is 535. The van der Waals surface area contributed by atoms with Crippen LogP contribution in [0.4, 0.5) is 5.69 Å². The lowest BCUT2D eigenvalue weighted by Gasteiger charge is -2.26. The SMILES string of the molecule is CN1C(=O)CCc2cc(C(=O)CNC3CC3)ccc21. The maximum absolute atomic E-state index is 12.1. The lowest BCUT2D eigenvalue weighted by atomic mass is 9.97. The highest BCUT2D eigenvalue weighted by atomic mass is 16.2. The first-order valence-electron chi connectivity index (χ1n) is 6.81. The fourth-order valence-electron chi connectivity index (χ4n) is 2.46. The molecule has 100 valence electrons. The van der Waals surface area contributed by atoms with Crippen molar-refractivity contribution in [3.63, 3.8) is 0 Å². The molecule has 1 aliphatic carbocycles. The molecule has 0 spiro atoms. The van der Waals surface area contributed by atoms with Gasteiger partial charge in [-0.3, -0.25) is 9.59 Å². The Kier molecular flexibility index (Phi) is 3.11. The number of benzene rings is 1. The van der Waals surface area contributed by atoms with Crippen LogP contribution >= 0.6 is 0 Å². The molecule has 0 atom stereocenters. The van der Waals surface area contributed by atoms with Gasteiger partial charge < -0.3 is 10.2 Å². The summed E-state index contributed by atoms with van der Waals surface area (Å²) in [7, 11) is 1.79. The maximum Gasteiger partial charge on any atom is 0.227 e. The first kappa shape index (κ1) is 12.4. The zero-order valence-corrected chi connectivity index (χ0v) is 11.1. The first-order valence-corrected chi connectivity index (χ1v) is 6.81. The van der Waals surface area contributed by atoms with E-state index in [2.05, 4.69) is 5.32 Å². The molecule has 0 saturated heterocycles. The molecule has 1 N–H and O–H groups in total. The van der Waals surface area contributed by atoms with Gasteiger partial charge in [0.05, 0.1) is 6.54 Å². The van der Waals surface area contributed by atoms with Crippen LogP contribution < -0.4 is 10.2 Å². The van der Waals surface area contributed by atoms with Gasteiger partial charge in [0, 0.05) is 30.8 Å². The Balaban J connectivity index is 1.76. The average Bonchev–Trinajstić information content (AvgIpc) is 3.24. The lowest BCUT2D eigenvalue weighted by Crippen LogP contribution is -2.31. The largest absolute Gasteiger partial charge is 0.315 e. The zero-order chi connectivity index (χ0) is 13.4. The fraction of sp³-hybridized carbons (Fsp3) is 0.467. The number of carbonyl (C=O) groups excluding carboxylic acids is 2. The highest BCUT2D eigenvalue weighted by Crippen LogP contribution is 2.27. The molecule has 1 aliphatic heterocycles. The van der Waals surface area contributed by atoms with Crippen LogP contribution in [-0.4, -0.2) is 31.3 Å². The number of fused-ring (bicyclic) bond motifs is 1. The number of hydrogen-bond donors (Lipinski definition) is 1. The van der Waals surface area contributed by atoms with Gasteiger partial charge in [-0.15, -0.1) is 0 Å². The number of ketones is 1. The fourth-order valence-corrected chi connectivity index (χ4v) is 2.46. The predicted molar refractivity (Wildman–Crippen MR) is 73.5 cm³/mol. The Hall–Kier alpha value is -1.68. The highest BCUT2D eigenvalue weighted by Gasteiger charge is 2.23. The number of amides is 1. The molecule has 1 saturated carbocycles. The predicted octanol–water partition coefficient (Wildman–Crippen LogP) is 1.53. The Morgan fingerprint density at radius 2 is 2.16 bits per heavy atom. The summed E-state index contributed by atoms with van der Waals surface area (Å²) >= 11 is 0. The molecule has 1 aromatic carbocycles. The molecule has 4 nitrogen and oxygen atoms in total. The molecule has 4 heteroatoms. The van der Waals surface area contributed by atoms with Crippen molar-refractivity contribution in [2.45, 2.75) is 31.7 Å². The minimum Gasteiger partial charge on any atom is -0.315 e. The molecule has 3 rings (SSSR count). The molecule has 2 aliphatic rings. The second-order valence-electron chi connectivity index (χ2n) is 5.37. The molecular formula is C15H18N2O2. The van der Waals surface area contributed by atoms with Crippen LogP contribution in [0.5, 0.6) is 0 Å². The Morgan fingerprint density at radius 1 is 1.37 bits per heavy atom. The van der Waals surface area contributed by atoms with E-state index in [1.54, 1.807) is 11.9 Å². The minimum atomic E-state index is 0.134. The molecule has 19 heavy (non-hydrogen) atoms. The van der Waals surface area contributed by atoms with E-state index < -0.39 is 0 Å². The summed E-state index contributed by atoms with van der Waals surface area (Å²) in [5.41, 5.74) is 2.77. The zero-order valence-electron chi connectivity index (χ0n) is 11.1. The number of nitrogens with zero attached hydrogens (tertiary/aromatic N) is 1. The molecule has 0 unspecified atom stereocenters. The number of anilines is 1. The number of hydrogen-bond acceptors (Lipinski definition) is 3. The summed E-state index contributed by atoms with van der Waals surface area (Å²) in [4.78, 5) is 25.4. The van der Waals surface area contributed by atoms with Gasteiger partial charge in [0.1, 0.15) is 0 Å². The molecular weight excluding hydrogens is 240 g/mol. The number of nitrogens with one attached hydrogen (secondary N) is 1. The van der Waals surface area contributed by atoms with Crippen LogP contribution in [0, 0.1) is 0 Å². The van der Waals surface area contributed by atoms with E-state index >= 15 is 0 Å². The van der Waals surface area contributed by atoms with E-state index in [1.807, 2.05) is 18.2 Å². The van der Waals surface area contributed by atoms with E-state index in [0.29, 0.717) is 19.0 Å². The van der Waals surface area contributed by atoms with Gasteiger partial charge in [-0.1, -0.05) is 0 Å². The molecule has 0 bridgehead atoms. The Morgan fingerprint density at radius 3 is 2.89 bits per heavy atom. The van der Waals surface area contributed by atoms with Crippen LogP contribution in [0.2, 0.25) is 0 Å². The number of Topliss-reactive ketones (excluding diaryl/α,β-unsaturated/α-hetero) is 1. The second kappa shape index (κ2) is 4.78. The number of carbonyl (C=O) groups is 2. The first-order chi connectivity index (χ1) is 9.15. The van der Waals surface area contributed by atoms with Crippen molar-refractivity contribution in [1.29, 1.82) is 0 Å². The van der Waals surface area contributed by atoms with Crippen molar-refractivity contribution >= 4 is 17.4 Å². The Labute approximate surface area is 112 Å². The summed E-state index contributed by atoms with van der Waals surface area (Å²) in [5, 5.41) is 3.24. The third kappa shape index (κ3) is 2.54. The van der Waals surface area contributed by atoms with Crippen LogP contribution in [0.15, 0.2) is 18.2 Å². The third-order valence-electron chi connectivity index (χ3n) is 3.87. The maximum atomic E-state index is 12.1. The molecule has 0 aromatic heterocycles. The smallest absolute Gasteiger partial charge is 0.227 e. The van der Waals surface area contributed by atoms with Gasteiger partial charge in [0.25, 0.3) is 0 Å². The average molecular weight is 258 g/mol. The van der Waals surface area contributed by atoms with Crippen LogP contribution in [0.3, 0.4) is 0 Å². The third-order valence-corrected chi connectivity index (χ3v) is 3.87. The summed E-state index contributed by atoms with van der Waals surface area (Å²) in [6.07, 6.45) is 3.63. The van der Waals surface area contributed by atoms with Crippen LogP contribution in [0.25, 0.3) is 0 Å². The van der Waals surface area contributed by atoms with Gasteiger partial charge in [0.2, 0.25) is 5.91 Å². The topological polar surface area (TPSA) is 49.4 Å². The summed E-state index contributed by atoms with van der Waals surface area (Å²) in [6.45, 7) is 0.415. The van der Waals surface area contributed by atoms with Gasteiger partial charge in [-0.2, -0.15) is 0 Å². The van der Waals surface area contributed by atoms with Gasteiger partial charge >= 0.3 is 0 Å². The molecule has 1 heterocycles. The molecule has 1 amide bonds. The van der Waals surface area contributed by atoms with Crippen molar-refractivity contribution in [3.8, 4) is 0 Å². The van der Waals surface area contributed by atoms with Crippen molar-refractivity contribution < 1.29 is 9.59 Å². The molecule has 0 radical (unpaired) electrons. The summed E-state index contributed by atoms with van der Waals surface area (Å²) in [6, 6.07) is 6.20. The van der Waals surface area contributed by atoms with Crippen LogP contribution in [-0.2, 0) is 11.2 Å². The van der Waals surface area contributed by atoms with Crippen molar-refractivity contribution in [2.24, 2.45) is 0 Å². The molecule has 1 aromatic rings. The van der Waals surface area contributed by atoms with E-state index in [-0.39, 0.29) is 11.7 Å². The quantitative estimate of drug-likeness (QED) is 0.833. The van der Waals surface area contributed by atoms with Crippen LogP contribution in [0.1, 0.15) is 35.2 Å².